The number of hydrogen-bond donors (Lipinski definition) is 0. The van der Waals surface area contributed by atoms with Crippen LogP contribution in [0.5, 0.6) is 0 Å². The first-order valence-electron chi connectivity index (χ1n) is 15.6. The lowest BCUT2D eigenvalue weighted by Crippen LogP contribution is -1.97. The molecule has 0 amide bonds. The summed E-state index contributed by atoms with van der Waals surface area (Å²) >= 11 is 0. The van der Waals surface area contributed by atoms with Gasteiger partial charge in [0.25, 0.3) is 0 Å². The molecule has 0 unspecified atom stereocenters. The summed E-state index contributed by atoms with van der Waals surface area (Å²) in [6.45, 7) is 0. The third-order valence-electron chi connectivity index (χ3n) is 8.51. The number of aromatic nitrogens is 4. The average Bonchev–Trinajstić information content (AvgIpc) is 3.54. The maximum Gasteiger partial charge on any atom is 0.160 e. The SMILES string of the molecule is c1ccc(-c2cc(-c3ccc(-c4nc5ccccc5nc4-c4cccc5oc6ccccc6c45)cc3)nc(-c3ccccc3)n2)cc1. The van der Waals surface area contributed by atoms with Crippen LogP contribution < -0.4 is 0 Å². The first-order valence-corrected chi connectivity index (χ1v) is 15.6. The van der Waals surface area contributed by atoms with E-state index in [-0.39, 0.29) is 0 Å². The third kappa shape index (κ3) is 4.82. The molecule has 0 spiro atoms. The lowest BCUT2D eigenvalue weighted by Gasteiger charge is -2.13. The van der Waals surface area contributed by atoms with Crippen molar-refractivity contribution in [3.05, 3.63) is 158 Å². The number of fused-ring (bicyclic) bond motifs is 4. The van der Waals surface area contributed by atoms with Crippen molar-refractivity contribution >= 4 is 33.0 Å². The quantitative estimate of drug-likeness (QED) is 0.196. The molecule has 0 N–H and O–H groups in total. The van der Waals surface area contributed by atoms with E-state index in [4.69, 9.17) is 24.4 Å². The average molecular weight is 603 g/mol. The van der Waals surface area contributed by atoms with Crippen LogP contribution in [0.25, 0.3) is 89.4 Å². The van der Waals surface area contributed by atoms with E-state index in [1.54, 1.807) is 0 Å². The Bertz CT molecular complexity index is 2500. The smallest absolute Gasteiger partial charge is 0.160 e. The molecule has 5 nitrogen and oxygen atoms in total. The topological polar surface area (TPSA) is 64.7 Å². The zero-order chi connectivity index (χ0) is 31.2. The van der Waals surface area contributed by atoms with Gasteiger partial charge in [-0.05, 0) is 30.3 Å². The Morgan fingerprint density at radius 1 is 0.383 bits per heavy atom. The van der Waals surface area contributed by atoms with E-state index in [1.165, 1.54) is 0 Å². The fourth-order valence-electron chi connectivity index (χ4n) is 6.23. The van der Waals surface area contributed by atoms with E-state index in [9.17, 15) is 0 Å². The Balaban J connectivity index is 1.20. The fraction of sp³-hybridized carbons (Fsp3) is 0. The largest absolute Gasteiger partial charge is 0.456 e. The zero-order valence-electron chi connectivity index (χ0n) is 25.2. The molecule has 0 saturated heterocycles. The number of rotatable bonds is 5. The minimum absolute atomic E-state index is 0.689. The monoisotopic (exact) mass is 602 g/mol. The van der Waals surface area contributed by atoms with Gasteiger partial charge in [-0.2, -0.15) is 0 Å². The van der Waals surface area contributed by atoms with Crippen LogP contribution in [0.4, 0.5) is 0 Å². The molecule has 0 atom stereocenters. The van der Waals surface area contributed by atoms with Crippen LogP contribution >= 0.6 is 0 Å². The molecule has 5 heteroatoms. The predicted octanol–water partition coefficient (Wildman–Crippen LogP) is 10.7. The second-order valence-electron chi connectivity index (χ2n) is 11.5. The van der Waals surface area contributed by atoms with Crippen molar-refractivity contribution in [1.29, 1.82) is 0 Å². The summed E-state index contributed by atoms with van der Waals surface area (Å²) in [4.78, 5) is 20.3. The highest BCUT2D eigenvalue weighted by Gasteiger charge is 2.19. The summed E-state index contributed by atoms with van der Waals surface area (Å²) in [5.41, 5.74) is 11.7. The van der Waals surface area contributed by atoms with E-state index < -0.39 is 0 Å². The van der Waals surface area contributed by atoms with Crippen LogP contribution in [0, 0.1) is 0 Å². The lowest BCUT2D eigenvalue weighted by molar-refractivity contribution is 0.669. The molecule has 0 aliphatic heterocycles. The molecule has 0 bridgehead atoms. The van der Waals surface area contributed by atoms with Gasteiger partial charge in [0.2, 0.25) is 0 Å². The molecule has 0 fully saturated rings. The minimum Gasteiger partial charge on any atom is -0.456 e. The molecule has 9 aromatic rings. The standard InChI is InChI=1S/C42H26N4O/c1-3-12-27(13-4-1)35-26-36(46-42(45-35)30-14-5-2-6-15-30)28-22-24-29(25-23-28)40-41(44-34-19-9-8-18-33(34)43-40)32-17-11-21-38-39(32)31-16-7-10-20-37(31)47-38/h1-26H. The van der Waals surface area contributed by atoms with Gasteiger partial charge in [0.05, 0.1) is 33.8 Å². The molecule has 47 heavy (non-hydrogen) atoms. The van der Waals surface area contributed by atoms with Crippen molar-refractivity contribution in [2.75, 3.05) is 0 Å². The van der Waals surface area contributed by atoms with Gasteiger partial charge in [-0.25, -0.2) is 19.9 Å². The van der Waals surface area contributed by atoms with E-state index >= 15 is 0 Å². The molecule has 0 aliphatic carbocycles. The number of hydrogen-bond acceptors (Lipinski definition) is 5. The molecule has 220 valence electrons. The molecule has 3 aromatic heterocycles. The highest BCUT2D eigenvalue weighted by molar-refractivity contribution is 6.13. The van der Waals surface area contributed by atoms with Crippen LogP contribution in [0.1, 0.15) is 0 Å². The first kappa shape index (κ1) is 26.9. The van der Waals surface area contributed by atoms with Crippen molar-refractivity contribution in [3.63, 3.8) is 0 Å². The predicted molar refractivity (Wildman–Crippen MR) is 190 cm³/mol. The molecular formula is C42H26N4O. The molecule has 3 heterocycles. The van der Waals surface area contributed by atoms with E-state index in [0.29, 0.717) is 5.82 Å². The summed E-state index contributed by atoms with van der Waals surface area (Å²) < 4.78 is 6.24. The summed E-state index contributed by atoms with van der Waals surface area (Å²) in [6.07, 6.45) is 0. The Kier molecular flexibility index (Phi) is 6.39. The molecule has 0 aliphatic rings. The first-order chi connectivity index (χ1) is 23.3. The van der Waals surface area contributed by atoms with Crippen LogP contribution in [-0.4, -0.2) is 19.9 Å². The Labute approximate surface area is 270 Å². The number of para-hydroxylation sites is 3. The normalized spacial score (nSPS) is 11.4. The van der Waals surface area contributed by atoms with Crippen molar-refractivity contribution in [3.8, 4) is 56.4 Å². The second kappa shape index (κ2) is 11.2. The summed E-state index contributed by atoms with van der Waals surface area (Å²) in [5.74, 6) is 0.689. The van der Waals surface area contributed by atoms with Crippen molar-refractivity contribution in [2.24, 2.45) is 0 Å². The Hall–Kier alpha value is -6.46. The van der Waals surface area contributed by atoms with Crippen molar-refractivity contribution < 1.29 is 4.42 Å². The Morgan fingerprint density at radius 2 is 0.936 bits per heavy atom. The number of nitrogens with zero attached hydrogens (tertiary/aromatic N) is 4. The van der Waals surface area contributed by atoms with Gasteiger partial charge in [0.1, 0.15) is 11.2 Å². The van der Waals surface area contributed by atoms with Gasteiger partial charge < -0.3 is 4.42 Å². The summed E-state index contributed by atoms with van der Waals surface area (Å²) in [5, 5.41) is 2.09. The van der Waals surface area contributed by atoms with Gasteiger partial charge in [0.15, 0.2) is 5.82 Å². The van der Waals surface area contributed by atoms with Crippen LogP contribution in [0.2, 0.25) is 0 Å². The summed E-state index contributed by atoms with van der Waals surface area (Å²) in [6, 6.07) is 53.1. The summed E-state index contributed by atoms with van der Waals surface area (Å²) in [7, 11) is 0. The highest BCUT2D eigenvalue weighted by atomic mass is 16.3. The van der Waals surface area contributed by atoms with Crippen LogP contribution in [0.15, 0.2) is 162 Å². The van der Waals surface area contributed by atoms with Crippen LogP contribution in [0.3, 0.4) is 0 Å². The molecule has 0 radical (unpaired) electrons. The third-order valence-corrected chi connectivity index (χ3v) is 8.51. The second-order valence-corrected chi connectivity index (χ2v) is 11.5. The number of furan rings is 1. The maximum atomic E-state index is 6.24. The molecule has 9 rings (SSSR count). The Morgan fingerprint density at radius 3 is 1.66 bits per heavy atom. The van der Waals surface area contributed by atoms with E-state index in [2.05, 4.69) is 54.6 Å². The lowest BCUT2D eigenvalue weighted by atomic mass is 9.98. The van der Waals surface area contributed by atoms with Crippen LogP contribution in [-0.2, 0) is 0 Å². The zero-order valence-corrected chi connectivity index (χ0v) is 25.2. The maximum absolute atomic E-state index is 6.24. The fourth-order valence-corrected chi connectivity index (χ4v) is 6.23. The van der Waals surface area contributed by atoms with Gasteiger partial charge in [-0.1, -0.05) is 127 Å². The van der Waals surface area contributed by atoms with E-state index in [0.717, 1.165) is 83.6 Å². The van der Waals surface area contributed by atoms with Gasteiger partial charge in [-0.15, -0.1) is 0 Å². The number of benzene rings is 6. The van der Waals surface area contributed by atoms with Gasteiger partial charge in [-0.3, -0.25) is 0 Å². The van der Waals surface area contributed by atoms with Gasteiger partial charge >= 0.3 is 0 Å². The molecular weight excluding hydrogens is 576 g/mol. The minimum atomic E-state index is 0.689. The molecule has 6 aromatic carbocycles. The van der Waals surface area contributed by atoms with E-state index in [1.807, 2.05) is 103 Å². The highest BCUT2D eigenvalue weighted by Crippen LogP contribution is 2.40. The van der Waals surface area contributed by atoms with Gasteiger partial charge in [0, 0.05) is 38.6 Å². The van der Waals surface area contributed by atoms with Crippen molar-refractivity contribution in [2.45, 2.75) is 0 Å². The molecule has 0 saturated carbocycles. The van der Waals surface area contributed by atoms with Crippen molar-refractivity contribution in [1.82, 2.24) is 19.9 Å².